The average Bonchev–Trinajstić information content (AvgIpc) is 3.51. The minimum atomic E-state index is 0.546. The molecule has 2 heterocycles. The SMILES string of the molecule is COc1ccc(CSc2nnc(Cc3sc(-c4ccccc4)nc3-c3ccccc3)o2)cc1. The van der Waals surface area contributed by atoms with Crippen molar-refractivity contribution < 1.29 is 9.15 Å². The van der Waals surface area contributed by atoms with E-state index in [2.05, 4.69) is 34.5 Å². The van der Waals surface area contributed by atoms with Gasteiger partial charge < -0.3 is 9.15 Å². The highest BCUT2D eigenvalue weighted by Gasteiger charge is 2.17. The average molecular weight is 472 g/mol. The molecule has 5 aromatic rings. The number of benzene rings is 3. The van der Waals surface area contributed by atoms with Crippen LogP contribution in [0.4, 0.5) is 0 Å². The molecule has 7 heteroatoms. The molecule has 0 saturated carbocycles. The summed E-state index contributed by atoms with van der Waals surface area (Å²) in [6.45, 7) is 0. The van der Waals surface area contributed by atoms with Crippen molar-refractivity contribution in [3.05, 3.63) is 101 Å². The second kappa shape index (κ2) is 10.0. The number of aromatic nitrogens is 3. The fourth-order valence-corrected chi connectivity index (χ4v) is 5.19. The normalized spacial score (nSPS) is 10.9. The molecule has 0 spiro atoms. The van der Waals surface area contributed by atoms with Crippen LogP contribution in [0.25, 0.3) is 21.8 Å². The van der Waals surface area contributed by atoms with E-state index in [1.807, 2.05) is 60.7 Å². The van der Waals surface area contributed by atoms with Gasteiger partial charge in [-0.15, -0.1) is 21.5 Å². The largest absolute Gasteiger partial charge is 0.497 e. The number of thioether (sulfide) groups is 1. The summed E-state index contributed by atoms with van der Waals surface area (Å²) in [4.78, 5) is 6.06. The summed E-state index contributed by atoms with van der Waals surface area (Å²) in [5.74, 6) is 2.18. The zero-order chi connectivity index (χ0) is 22.5. The lowest BCUT2D eigenvalue weighted by Crippen LogP contribution is -1.89. The molecule has 33 heavy (non-hydrogen) atoms. The Hall–Kier alpha value is -3.42. The first-order valence-electron chi connectivity index (χ1n) is 10.5. The van der Waals surface area contributed by atoms with Gasteiger partial charge in [0.15, 0.2) is 0 Å². The number of hydrogen-bond donors (Lipinski definition) is 0. The van der Waals surface area contributed by atoms with Crippen LogP contribution >= 0.6 is 23.1 Å². The molecule has 0 fully saturated rings. The Bertz CT molecular complexity index is 1320. The minimum Gasteiger partial charge on any atom is -0.497 e. The monoisotopic (exact) mass is 471 g/mol. The van der Waals surface area contributed by atoms with E-state index in [1.165, 1.54) is 17.3 Å². The number of rotatable bonds is 8. The third-order valence-electron chi connectivity index (χ3n) is 5.05. The van der Waals surface area contributed by atoms with Gasteiger partial charge in [-0.05, 0) is 17.7 Å². The van der Waals surface area contributed by atoms with Gasteiger partial charge in [-0.3, -0.25) is 0 Å². The molecule has 0 aliphatic heterocycles. The molecule has 0 N–H and O–H groups in total. The Morgan fingerprint density at radius 2 is 1.55 bits per heavy atom. The topological polar surface area (TPSA) is 61.0 Å². The Morgan fingerprint density at radius 1 is 0.848 bits per heavy atom. The molecule has 0 unspecified atom stereocenters. The third kappa shape index (κ3) is 5.16. The van der Waals surface area contributed by atoms with Gasteiger partial charge in [-0.2, -0.15) is 0 Å². The van der Waals surface area contributed by atoms with Gasteiger partial charge in [0.2, 0.25) is 5.89 Å². The summed E-state index contributed by atoms with van der Waals surface area (Å²) in [6.07, 6.45) is 0.546. The fraction of sp³-hybridized carbons (Fsp3) is 0.115. The van der Waals surface area contributed by atoms with Crippen molar-refractivity contribution in [2.24, 2.45) is 0 Å². The molecule has 5 nitrogen and oxygen atoms in total. The predicted molar refractivity (Wildman–Crippen MR) is 133 cm³/mol. The standard InChI is InChI=1S/C26H21N3O2S2/c1-30-21-14-12-18(13-15-21)17-32-26-29-28-23(31-26)16-22-24(19-8-4-2-5-9-19)27-25(33-22)20-10-6-3-7-11-20/h2-15H,16-17H2,1H3. The Kier molecular flexibility index (Phi) is 6.51. The molecule has 5 rings (SSSR count). The highest BCUT2D eigenvalue weighted by atomic mass is 32.2. The van der Waals surface area contributed by atoms with E-state index in [0.29, 0.717) is 17.5 Å². The molecule has 0 aliphatic carbocycles. The first-order chi connectivity index (χ1) is 16.3. The maximum Gasteiger partial charge on any atom is 0.276 e. The molecular weight excluding hydrogens is 450 g/mol. The van der Waals surface area contributed by atoms with Crippen LogP contribution < -0.4 is 4.74 Å². The summed E-state index contributed by atoms with van der Waals surface area (Å²) < 4.78 is 11.2. The van der Waals surface area contributed by atoms with E-state index in [-0.39, 0.29) is 0 Å². The van der Waals surface area contributed by atoms with Crippen molar-refractivity contribution in [3.63, 3.8) is 0 Å². The summed E-state index contributed by atoms with van der Waals surface area (Å²) in [5, 5.41) is 10.1. The van der Waals surface area contributed by atoms with Crippen LogP contribution in [0.15, 0.2) is 94.6 Å². The van der Waals surface area contributed by atoms with E-state index in [1.54, 1.807) is 18.4 Å². The van der Waals surface area contributed by atoms with Crippen molar-refractivity contribution in [1.82, 2.24) is 15.2 Å². The van der Waals surface area contributed by atoms with Crippen molar-refractivity contribution >= 4 is 23.1 Å². The molecule has 3 aromatic carbocycles. The fourth-order valence-electron chi connectivity index (χ4n) is 3.37. The van der Waals surface area contributed by atoms with Crippen molar-refractivity contribution in [1.29, 1.82) is 0 Å². The molecule has 0 radical (unpaired) electrons. The van der Waals surface area contributed by atoms with Crippen LogP contribution in [-0.2, 0) is 12.2 Å². The lowest BCUT2D eigenvalue weighted by Gasteiger charge is -2.01. The molecule has 2 aromatic heterocycles. The number of nitrogens with zero attached hydrogens (tertiary/aromatic N) is 3. The van der Waals surface area contributed by atoms with Crippen molar-refractivity contribution in [2.45, 2.75) is 17.4 Å². The summed E-state index contributed by atoms with van der Waals surface area (Å²) in [5.41, 5.74) is 4.32. The van der Waals surface area contributed by atoms with E-state index in [4.69, 9.17) is 14.1 Å². The van der Waals surface area contributed by atoms with Crippen molar-refractivity contribution in [3.8, 4) is 27.6 Å². The summed E-state index contributed by atoms with van der Waals surface area (Å²) >= 11 is 3.20. The number of hydrogen-bond acceptors (Lipinski definition) is 7. The molecule has 0 bridgehead atoms. The zero-order valence-corrected chi connectivity index (χ0v) is 19.6. The Morgan fingerprint density at radius 3 is 2.24 bits per heavy atom. The summed E-state index contributed by atoms with van der Waals surface area (Å²) in [6, 6.07) is 28.5. The minimum absolute atomic E-state index is 0.546. The lowest BCUT2D eigenvalue weighted by molar-refractivity contribution is 0.414. The van der Waals surface area contributed by atoms with Gasteiger partial charge >= 0.3 is 0 Å². The smallest absolute Gasteiger partial charge is 0.276 e. The molecule has 0 aliphatic rings. The number of thiazole rings is 1. The predicted octanol–water partition coefficient (Wildman–Crippen LogP) is 6.75. The highest BCUT2D eigenvalue weighted by molar-refractivity contribution is 7.98. The Balaban J connectivity index is 1.35. The maximum absolute atomic E-state index is 5.95. The van der Waals surface area contributed by atoms with Crippen LogP contribution in [0.5, 0.6) is 5.75 Å². The van der Waals surface area contributed by atoms with Crippen LogP contribution in [0.2, 0.25) is 0 Å². The zero-order valence-electron chi connectivity index (χ0n) is 18.0. The second-order valence-corrected chi connectivity index (χ2v) is 9.31. The number of methoxy groups -OCH3 is 1. The van der Waals surface area contributed by atoms with E-state index < -0.39 is 0 Å². The van der Waals surface area contributed by atoms with Gasteiger partial charge in [0.1, 0.15) is 10.8 Å². The third-order valence-corrected chi connectivity index (χ3v) is 7.04. The van der Waals surface area contributed by atoms with Crippen LogP contribution in [-0.4, -0.2) is 22.3 Å². The van der Waals surface area contributed by atoms with Gasteiger partial charge in [-0.25, -0.2) is 4.98 Å². The molecule has 0 saturated heterocycles. The first kappa shape index (κ1) is 21.4. The van der Waals surface area contributed by atoms with Crippen molar-refractivity contribution in [2.75, 3.05) is 7.11 Å². The molecular formula is C26H21N3O2S2. The highest BCUT2D eigenvalue weighted by Crippen LogP contribution is 2.35. The van der Waals surface area contributed by atoms with E-state index >= 15 is 0 Å². The lowest BCUT2D eigenvalue weighted by atomic mass is 10.1. The molecule has 0 amide bonds. The Labute approximate surface area is 200 Å². The maximum atomic E-state index is 5.95. The van der Waals surface area contributed by atoms with Gasteiger partial charge in [-0.1, -0.05) is 84.6 Å². The van der Waals surface area contributed by atoms with Crippen LogP contribution in [0, 0.1) is 0 Å². The first-order valence-corrected chi connectivity index (χ1v) is 12.3. The quantitative estimate of drug-likeness (QED) is 0.233. The van der Waals surface area contributed by atoms with Crippen LogP contribution in [0.3, 0.4) is 0 Å². The molecule has 164 valence electrons. The summed E-state index contributed by atoms with van der Waals surface area (Å²) in [7, 11) is 1.67. The van der Waals surface area contributed by atoms with Gasteiger partial charge in [0.05, 0.1) is 19.2 Å². The molecule has 0 atom stereocenters. The van der Waals surface area contributed by atoms with Crippen LogP contribution in [0.1, 0.15) is 16.3 Å². The number of ether oxygens (including phenoxy) is 1. The van der Waals surface area contributed by atoms with E-state index in [0.717, 1.165) is 38.2 Å². The second-order valence-electron chi connectivity index (χ2n) is 7.30. The van der Waals surface area contributed by atoms with Gasteiger partial charge in [0.25, 0.3) is 5.22 Å². The van der Waals surface area contributed by atoms with Gasteiger partial charge in [0, 0.05) is 21.8 Å². The van der Waals surface area contributed by atoms with E-state index in [9.17, 15) is 0 Å².